The molecule has 0 aromatic rings. The molecule has 0 rings (SSSR count). The Hall–Kier alpha value is -0.170. The first-order valence-electron chi connectivity index (χ1n) is 8.74. The molecule has 0 aromatic carbocycles. The molecule has 0 spiro atoms. The number of hydrogen-bond donors (Lipinski definition) is 0. The Morgan fingerprint density at radius 3 is 2.19 bits per heavy atom. The van der Waals surface area contributed by atoms with Crippen LogP contribution in [0.4, 0.5) is 0 Å². The zero-order chi connectivity index (χ0) is 16.5. The molecule has 0 saturated carbocycles. The van der Waals surface area contributed by atoms with Crippen molar-refractivity contribution in [2.75, 3.05) is 0 Å². The predicted molar refractivity (Wildman–Crippen MR) is 102 cm³/mol. The first-order valence-corrected chi connectivity index (χ1v) is 9.62. The minimum absolute atomic E-state index is 0.335. The van der Waals surface area contributed by atoms with Crippen LogP contribution in [0.5, 0.6) is 0 Å². The molecule has 2 atom stereocenters. The lowest BCUT2D eigenvalue weighted by atomic mass is 9.98. The summed E-state index contributed by atoms with van der Waals surface area (Å²) in [5.41, 5.74) is 1.62. The van der Waals surface area contributed by atoms with Crippen LogP contribution in [0.2, 0.25) is 0 Å². The minimum Gasteiger partial charge on any atom is -0.152 e. The van der Waals surface area contributed by atoms with E-state index in [1.807, 2.05) is 0 Å². The molecule has 0 nitrogen and oxygen atoms in total. The van der Waals surface area contributed by atoms with E-state index in [2.05, 4.69) is 85.4 Å². The highest BCUT2D eigenvalue weighted by molar-refractivity contribution is 8.01. The fraction of sp³-hybridized carbons (Fsp3) is 0.800. The maximum Gasteiger partial charge on any atom is 0.0143 e. The SMILES string of the molecule is CC=CC(C)CC(SC(C)(C)CC(=CCC)CC)C(C)C. The van der Waals surface area contributed by atoms with E-state index in [9.17, 15) is 0 Å². The number of allylic oxidation sites excluding steroid dienone is 4. The Bertz CT molecular complexity index is 323. The maximum atomic E-state index is 2.43. The normalized spacial score (nSPS) is 16.7. The summed E-state index contributed by atoms with van der Waals surface area (Å²) in [6, 6.07) is 0. The van der Waals surface area contributed by atoms with E-state index in [4.69, 9.17) is 0 Å². The average molecular weight is 311 g/mol. The molecular formula is C20H38S. The van der Waals surface area contributed by atoms with Crippen LogP contribution in [0.15, 0.2) is 23.8 Å². The number of thioether (sulfide) groups is 1. The van der Waals surface area contributed by atoms with Crippen molar-refractivity contribution < 1.29 is 0 Å². The summed E-state index contributed by atoms with van der Waals surface area (Å²) >= 11 is 2.20. The van der Waals surface area contributed by atoms with E-state index in [1.54, 1.807) is 5.57 Å². The lowest BCUT2D eigenvalue weighted by molar-refractivity contribution is 0.510. The quantitative estimate of drug-likeness (QED) is 0.382. The van der Waals surface area contributed by atoms with Crippen LogP contribution in [0.1, 0.15) is 81.1 Å². The fourth-order valence-electron chi connectivity index (χ4n) is 2.86. The molecule has 0 radical (unpaired) electrons. The third-order valence-corrected chi connectivity index (χ3v) is 5.76. The van der Waals surface area contributed by atoms with Crippen LogP contribution in [0.3, 0.4) is 0 Å². The Morgan fingerprint density at radius 1 is 1.14 bits per heavy atom. The van der Waals surface area contributed by atoms with E-state index in [0.717, 1.165) is 17.6 Å². The summed E-state index contributed by atoms with van der Waals surface area (Å²) in [6.45, 7) is 18.6. The zero-order valence-corrected chi connectivity index (χ0v) is 16.5. The molecule has 21 heavy (non-hydrogen) atoms. The van der Waals surface area contributed by atoms with Crippen molar-refractivity contribution in [2.24, 2.45) is 11.8 Å². The van der Waals surface area contributed by atoms with Gasteiger partial charge in [0.15, 0.2) is 0 Å². The van der Waals surface area contributed by atoms with Gasteiger partial charge in [-0.3, -0.25) is 0 Å². The largest absolute Gasteiger partial charge is 0.152 e. The zero-order valence-electron chi connectivity index (χ0n) is 15.7. The molecule has 2 unspecified atom stereocenters. The highest BCUT2D eigenvalue weighted by Gasteiger charge is 2.27. The lowest BCUT2D eigenvalue weighted by Gasteiger charge is -2.33. The van der Waals surface area contributed by atoms with Gasteiger partial charge in [-0.25, -0.2) is 0 Å². The molecule has 0 aliphatic heterocycles. The molecule has 0 bridgehead atoms. The van der Waals surface area contributed by atoms with E-state index < -0.39 is 0 Å². The van der Waals surface area contributed by atoms with Crippen LogP contribution in [0.25, 0.3) is 0 Å². The second-order valence-electron chi connectivity index (χ2n) is 7.20. The first-order chi connectivity index (χ1) is 9.75. The number of rotatable bonds is 10. The third kappa shape index (κ3) is 9.45. The maximum absolute atomic E-state index is 2.43. The summed E-state index contributed by atoms with van der Waals surface area (Å²) in [7, 11) is 0. The standard InChI is InChI=1S/C20H38S/c1-9-12-17(6)14-19(16(4)5)21-20(7,8)15-18(11-3)13-10-2/h9,12-13,16-17,19H,10-11,14-15H2,1-8H3. The van der Waals surface area contributed by atoms with Gasteiger partial charge in [0.05, 0.1) is 0 Å². The van der Waals surface area contributed by atoms with Crippen LogP contribution < -0.4 is 0 Å². The molecule has 0 aliphatic carbocycles. The Morgan fingerprint density at radius 2 is 1.76 bits per heavy atom. The van der Waals surface area contributed by atoms with Crippen molar-refractivity contribution in [3.63, 3.8) is 0 Å². The highest BCUT2D eigenvalue weighted by Crippen LogP contribution is 2.40. The van der Waals surface area contributed by atoms with E-state index >= 15 is 0 Å². The third-order valence-electron chi connectivity index (χ3n) is 3.94. The van der Waals surface area contributed by atoms with Gasteiger partial charge < -0.3 is 0 Å². The van der Waals surface area contributed by atoms with Gasteiger partial charge in [-0.05, 0) is 44.4 Å². The van der Waals surface area contributed by atoms with E-state index in [1.165, 1.54) is 19.3 Å². The van der Waals surface area contributed by atoms with Gasteiger partial charge >= 0.3 is 0 Å². The van der Waals surface area contributed by atoms with Crippen molar-refractivity contribution in [3.8, 4) is 0 Å². The van der Waals surface area contributed by atoms with Crippen LogP contribution >= 0.6 is 11.8 Å². The molecule has 0 amide bonds. The van der Waals surface area contributed by atoms with E-state index in [0.29, 0.717) is 10.7 Å². The van der Waals surface area contributed by atoms with Crippen molar-refractivity contribution >= 4 is 11.8 Å². The van der Waals surface area contributed by atoms with Crippen molar-refractivity contribution in [2.45, 2.75) is 91.1 Å². The fourth-order valence-corrected chi connectivity index (χ4v) is 4.62. The summed E-state index contributed by atoms with van der Waals surface area (Å²) < 4.78 is 0.335. The molecule has 1 heteroatoms. The van der Waals surface area contributed by atoms with Crippen molar-refractivity contribution in [3.05, 3.63) is 23.8 Å². The van der Waals surface area contributed by atoms with Crippen LogP contribution in [0, 0.1) is 11.8 Å². The number of hydrogen-bond acceptors (Lipinski definition) is 1. The molecule has 0 fully saturated rings. The molecular weight excluding hydrogens is 272 g/mol. The molecule has 0 aromatic heterocycles. The highest BCUT2D eigenvalue weighted by atomic mass is 32.2. The first kappa shape index (κ1) is 20.8. The Labute approximate surface area is 138 Å². The lowest BCUT2D eigenvalue weighted by Crippen LogP contribution is -2.25. The summed E-state index contributed by atoms with van der Waals surface area (Å²) in [5, 5.41) is 0.742. The Balaban J connectivity index is 4.77. The topological polar surface area (TPSA) is 0 Å². The summed E-state index contributed by atoms with van der Waals surface area (Å²) in [6.07, 6.45) is 11.8. The summed E-state index contributed by atoms with van der Waals surface area (Å²) in [4.78, 5) is 0. The molecule has 0 aliphatic rings. The van der Waals surface area contributed by atoms with E-state index in [-0.39, 0.29) is 0 Å². The van der Waals surface area contributed by atoms with Crippen molar-refractivity contribution in [1.29, 1.82) is 0 Å². The van der Waals surface area contributed by atoms with Gasteiger partial charge in [-0.1, -0.05) is 72.3 Å². The monoisotopic (exact) mass is 310 g/mol. The molecule has 0 saturated heterocycles. The van der Waals surface area contributed by atoms with Crippen molar-refractivity contribution in [1.82, 2.24) is 0 Å². The van der Waals surface area contributed by atoms with Gasteiger partial charge in [0.25, 0.3) is 0 Å². The van der Waals surface area contributed by atoms with Crippen LogP contribution in [-0.4, -0.2) is 10.00 Å². The van der Waals surface area contributed by atoms with Gasteiger partial charge in [0.2, 0.25) is 0 Å². The van der Waals surface area contributed by atoms with Gasteiger partial charge in [0.1, 0.15) is 0 Å². The smallest absolute Gasteiger partial charge is 0.0143 e. The van der Waals surface area contributed by atoms with Crippen LogP contribution in [-0.2, 0) is 0 Å². The average Bonchev–Trinajstić information content (AvgIpc) is 2.37. The second-order valence-corrected chi connectivity index (χ2v) is 9.15. The molecule has 0 N–H and O–H groups in total. The second kappa shape index (κ2) is 10.5. The molecule has 124 valence electrons. The van der Waals surface area contributed by atoms with Gasteiger partial charge in [0, 0.05) is 10.00 Å². The van der Waals surface area contributed by atoms with Gasteiger partial charge in [-0.2, -0.15) is 11.8 Å². The Kier molecular flexibility index (Phi) is 10.5. The predicted octanol–water partition coefficient (Wildman–Crippen LogP) is 7.26. The summed E-state index contributed by atoms with van der Waals surface area (Å²) in [5.74, 6) is 1.42. The minimum atomic E-state index is 0.335. The molecule has 0 heterocycles. The van der Waals surface area contributed by atoms with Gasteiger partial charge in [-0.15, -0.1) is 0 Å².